The first-order valence-corrected chi connectivity index (χ1v) is 9.66. The predicted molar refractivity (Wildman–Crippen MR) is 74.3 cm³/mol. The van der Waals surface area contributed by atoms with E-state index in [1.807, 2.05) is 0 Å². The van der Waals surface area contributed by atoms with Gasteiger partial charge in [-0.15, -0.1) is 3.89 Å². The maximum atomic E-state index is 12.8. The lowest BCUT2D eigenvalue weighted by Gasteiger charge is -2.17. The molecule has 2 aliphatic rings. The molecule has 2 unspecified atom stereocenters. The third-order valence-electron chi connectivity index (χ3n) is 4.44. The van der Waals surface area contributed by atoms with Crippen LogP contribution in [0.2, 0.25) is 0 Å². The van der Waals surface area contributed by atoms with Crippen molar-refractivity contribution in [3.05, 3.63) is 24.3 Å². The predicted octanol–water partition coefficient (Wildman–Crippen LogP) is 1.77. The first-order chi connectivity index (χ1) is 9.78. The highest BCUT2D eigenvalue weighted by Gasteiger charge is 2.41. The molecule has 21 heavy (non-hydrogen) atoms. The first-order valence-electron chi connectivity index (χ1n) is 6.83. The van der Waals surface area contributed by atoms with Crippen LogP contribution in [0.15, 0.2) is 34.1 Å². The van der Waals surface area contributed by atoms with E-state index >= 15 is 0 Å². The van der Waals surface area contributed by atoms with Gasteiger partial charge < -0.3 is 0 Å². The van der Waals surface area contributed by atoms with E-state index in [1.165, 1.54) is 4.31 Å². The SMILES string of the molecule is O=S(=O)(F)c1ccc(S(=O)(=O)N2CC3CCCC3C2)cc1. The van der Waals surface area contributed by atoms with Gasteiger partial charge in [0.25, 0.3) is 0 Å². The van der Waals surface area contributed by atoms with Crippen LogP contribution in [0.25, 0.3) is 0 Å². The molecule has 1 aliphatic heterocycles. The zero-order valence-electron chi connectivity index (χ0n) is 11.3. The van der Waals surface area contributed by atoms with E-state index in [2.05, 4.69) is 0 Å². The minimum atomic E-state index is -4.80. The number of benzene rings is 1. The van der Waals surface area contributed by atoms with E-state index in [-0.39, 0.29) is 4.90 Å². The summed E-state index contributed by atoms with van der Waals surface area (Å²) in [6.45, 7) is 1.05. The van der Waals surface area contributed by atoms with Gasteiger partial charge in [-0.25, -0.2) is 8.42 Å². The van der Waals surface area contributed by atoms with Crippen molar-refractivity contribution in [1.29, 1.82) is 0 Å². The van der Waals surface area contributed by atoms with Crippen LogP contribution >= 0.6 is 0 Å². The molecule has 1 saturated heterocycles. The lowest BCUT2D eigenvalue weighted by molar-refractivity contribution is 0.445. The molecule has 8 heteroatoms. The summed E-state index contributed by atoms with van der Waals surface area (Å²) in [5, 5.41) is 0. The Morgan fingerprint density at radius 2 is 1.38 bits per heavy atom. The maximum Gasteiger partial charge on any atom is 0.332 e. The van der Waals surface area contributed by atoms with E-state index < -0.39 is 25.1 Å². The Morgan fingerprint density at radius 3 is 1.86 bits per heavy atom. The van der Waals surface area contributed by atoms with Crippen molar-refractivity contribution < 1.29 is 20.7 Å². The second kappa shape index (κ2) is 5.03. The first kappa shape index (κ1) is 14.9. The third-order valence-corrected chi connectivity index (χ3v) is 7.12. The molecule has 2 fully saturated rings. The van der Waals surface area contributed by atoms with Crippen LogP contribution in [0.5, 0.6) is 0 Å². The smallest absolute Gasteiger partial charge is 0.207 e. The Bertz CT molecular complexity index is 731. The third kappa shape index (κ3) is 2.72. The Balaban J connectivity index is 1.85. The Labute approximate surface area is 124 Å². The minimum Gasteiger partial charge on any atom is -0.207 e. The van der Waals surface area contributed by atoms with Crippen molar-refractivity contribution in [3.8, 4) is 0 Å². The van der Waals surface area contributed by atoms with Crippen molar-refractivity contribution in [3.63, 3.8) is 0 Å². The van der Waals surface area contributed by atoms with Gasteiger partial charge in [-0.1, -0.05) is 6.42 Å². The van der Waals surface area contributed by atoms with Gasteiger partial charge >= 0.3 is 10.2 Å². The molecule has 5 nitrogen and oxygen atoms in total. The van der Waals surface area contributed by atoms with Crippen LogP contribution in [-0.2, 0) is 20.2 Å². The highest BCUT2D eigenvalue weighted by atomic mass is 32.3. The largest absolute Gasteiger partial charge is 0.332 e. The summed E-state index contributed by atoms with van der Waals surface area (Å²) < 4.78 is 60.8. The molecule has 1 aromatic rings. The summed E-state index contributed by atoms with van der Waals surface area (Å²) in [6.07, 6.45) is 3.29. The van der Waals surface area contributed by atoms with Gasteiger partial charge in [-0.05, 0) is 48.9 Å². The van der Waals surface area contributed by atoms with Crippen molar-refractivity contribution >= 4 is 20.2 Å². The Hall–Kier alpha value is -0.990. The van der Waals surface area contributed by atoms with Crippen LogP contribution in [0.1, 0.15) is 19.3 Å². The number of fused-ring (bicyclic) bond motifs is 1. The zero-order valence-corrected chi connectivity index (χ0v) is 12.9. The van der Waals surface area contributed by atoms with E-state index in [4.69, 9.17) is 0 Å². The Morgan fingerprint density at radius 1 is 0.905 bits per heavy atom. The number of hydrogen-bond donors (Lipinski definition) is 0. The number of rotatable bonds is 3. The summed E-state index contributed by atoms with van der Waals surface area (Å²) in [7, 11) is -8.43. The molecule has 0 radical (unpaired) electrons. The van der Waals surface area contributed by atoms with E-state index in [1.54, 1.807) is 0 Å². The molecule has 0 spiro atoms. The molecule has 1 heterocycles. The van der Waals surface area contributed by atoms with Gasteiger partial charge in [-0.2, -0.15) is 12.7 Å². The van der Waals surface area contributed by atoms with Crippen molar-refractivity contribution in [2.24, 2.45) is 11.8 Å². The van der Waals surface area contributed by atoms with Crippen LogP contribution in [0.3, 0.4) is 0 Å². The van der Waals surface area contributed by atoms with Crippen molar-refractivity contribution in [2.45, 2.75) is 29.1 Å². The number of halogens is 1. The molecule has 0 amide bonds. The summed E-state index contributed by atoms with van der Waals surface area (Å²) in [5.74, 6) is 0.871. The van der Waals surface area contributed by atoms with Crippen molar-refractivity contribution in [2.75, 3.05) is 13.1 Å². The lowest BCUT2D eigenvalue weighted by Crippen LogP contribution is -2.29. The van der Waals surface area contributed by atoms with Crippen LogP contribution in [-0.4, -0.2) is 34.2 Å². The Kier molecular flexibility index (Phi) is 3.58. The van der Waals surface area contributed by atoms with Gasteiger partial charge in [0.05, 0.1) is 9.79 Å². The maximum absolute atomic E-state index is 12.8. The average Bonchev–Trinajstić information content (AvgIpc) is 2.98. The van der Waals surface area contributed by atoms with Crippen LogP contribution in [0, 0.1) is 11.8 Å². The van der Waals surface area contributed by atoms with Gasteiger partial charge in [-0.3, -0.25) is 0 Å². The number of sulfonamides is 1. The molecule has 1 saturated carbocycles. The van der Waals surface area contributed by atoms with E-state index in [9.17, 15) is 20.7 Å². The molecule has 2 atom stereocenters. The molecular formula is C13H16FNO4S2. The summed E-state index contributed by atoms with van der Waals surface area (Å²) in [6, 6.07) is 4.27. The van der Waals surface area contributed by atoms with E-state index in [0.29, 0.717) is 24.9 Å². The molecule has 1 aromatic carbocycles. The second-order valence-electron chi connectivity index (χ2n) is 5.68. The molecule has 0 N–H and O–H groups in total. The summed E-state index contributed by atoms with van der Waals surface area (Å²) in [4.78, 5) is -0.519. The van der Waals surface area contributed by atoms with Gasteiger partial charge in [0.2, 0.25) is 10.0 Å². The van der Waals surface area contributed by atoms with Gasteiger partial charge in [0.15, 0.2) is 0 Å². The highest BCUT2D eigenvalue weighted by molar-refractivity contribution is 7.89. The molecule has 0 bridgehead atoms. The topological polar surface area (TPSA) is 71.5 Å². The zero-order chi connectivity index (χ0) is 15.3. The van der Waals surface area contributed by atoms with E-state index in [0.717, 1.165) is 43.5 Å². The quantitative estimate of drug-likeness (QED) is 0.790. The van der Waals surface area contributed by atoms with Crippen molar-refractivity contribution in [1.82, 2.24) is 4.31 Å². The van der Waals surface area contributed by atoms with Gasteiger partial charge in [0, 0.05) is 13.1 Å². The van der Waals surface area contributed by atoms with Gasteiger partial charge in [0.1, 0.15) is 0 Å². The molecule has 0 aromatic heterocycles. The fraction of sp³-hybridized carbons (Fsp3) is 0.538. The highest BCUT2D eigenvalue weighted by Crippen LogP contribution is 2.39. The number of nitrogens with zero attached hydrogens (tertiary/aromatic N) is 1. The monoisotopic (exact) mass is 333 g/mol. The normalized spacial score (nSPS) is 26.9. The molecular weight excluding hydrogens is 317 g/mol. The fourth-order valence-corrected chi connectivity index (χ4v) is 5.33. The second-order valence-corrected chi connectivity index (χ2v) is 8.97. The van der Waals surface area contributed by atoms with Crippen LogP contribution in [0.4, 0.5) is 3.89 Å². The average molecular weight is 333 g/mol. The molecule has 1 aliphatic carbocycles. The molecule has 116 valence electrons. The fourth-order valence-electron chi connectivity index (χ4n) is 3.31. The minimum absolute atomic E-state index is 0.00914. The molecule has 3 rings (SSSR count). The number of hydrogen-bond acceptors (Lipinski definition) is 4. The van der Waals surface area contributed by atoms with Crippen LogP contribution < -0.4 is 0 Å². The summed E-state index contributed by atoms with van der Waals surface area (Å²) in [5.41, 5.74) is 0. The standard InChI is InChI=1S/C13H16FNO4S2/c14-20(16,17)12-4-6-13(7-5-12)21(18,19)15-8-10-2-1-3-11(10)9-15/h4-7,10-11H,1-3,8-9H2. The lowest BCUT2D eigenvalue weighted by atomic mass is 10.0. The summed E-state index contributed by atoms with van der Waals surface area (Å²) >= 11 is 0.